The molecule has 3 aromatic carbocycles. The number of nitrogens with two attached hydrogens (primary N) is 1. The normalized spacial score (nSPS) is 10.5. The van der Waals surface area contributed by atoms with Gasteiger partial charge in [-0.05, 0) is 48.0 Å². The first-order chi connectivity index (χ1) is 13.7. The van der Waals surface area contributed by atoms with Crippen LogP contribution in [0, 0.1) is 11.3 Å². The number of fused-ring (bicyclic) bond motifs is 1. The summed E-state index contributed by atoms with van der Waals surface area (Å²) in [4.78, 5) is 17.8. The highest BCUT2D eigenvalue weighted by Crippen LogP contribution is 2.18. The van der Waals surface area contributed by atoms with E-state index >= 15 is 0 Å². The number of anilines is 2. The van der Waals surface area contributed by atoms with Gasteiger partial charge in [-0.2, -0.15) is 5.26 Å². The number of nitriles is 1. The van der Waals surface area contributed by atoms with Gasteiger partial charge in [-0.25, -0.2) is 9.55 Å². The third-order valence-corrected chi connectivity index (χ3v) is 4.44. The van der Waals surface area contributed by atoms with Crippen LogP contribution in [0.5, 0.6) is 0 Å². The first-order valence-corrected chi connectivity index (χ1v) is 8.76. The van der Waals surface area contributed by atoms with E-state index in [1.807, 2.05) is 36.4 Å². The molecule has 136 valence electrons. The second-order valence-electron chi connectivity index (χ2n) is 6.35. The standard InChI is InChI=1S/C22H17N5O/c23-13-15-8-10-16(11-9-15)14-25-22-26-20-7-2-1-6-19(20)21(28)27(22)18-5-3-4-17(24)12-18/h1-12H,14,24H2,(H,25,26). The van der Waals surface area contributed by atoms with Crippen LogP contribution in [0.4, 0.5) is 11.6 Å². The summed E-state index contributed by atoms with van der Waals surface area (Å²) in [6, 6.07) is 23.7. The predicted octanol–water partition coefficient (Wildman–Crippen LogP) is 3.45. The maximum atomic E-state index is 13.2. The Hall–Kier alpha value is -4.11. The molecular formula is C22H17N5O. The Labute approximate surface area is 161 Å². The fourth-order valence-electron chi connectivity index (χ4n) is 3.03. The highest BCUT2D eigenvalue weighted by atomic mass is 16.1. The molecule has 1 aromatic heterocycles. The molecule has 0 saturated heterocycles. The Bertz CT molecular complexity index is 1250. The van der Waals surface area contributed by atoms with Crippen LogP contribution in [0.3, 0.4) is 0 Å². The van der Waals surface area contributed by atoms with Crippen molar-refractivity contribution >= 4 is 22.5 Å². The number of nitrogens with one attached hydrogen (secondary N) is 1. The zero-order valence-corrected chi connectivity index (χ0v) is 15.0. The third-order valence-electron chi connectivity index (χ3n) is 4.44. The van der Waals surface area contributed by atoms with E-state index in [9.17, 15) is 4.79 Å². The number of hydrogen-bond donors (Lipinski definition) is 2. The van der Waals surface area contributed by atoms with Crippen LogP contribution in [-0.2, 0) is 6.54 Å². The van der Waals surface area contributed by atoms with Crippen molar-refractivity contribution < 1.29 is 0 Å². The number of nitrogens with zero attached hydrogens (tertiary/aromatic N) is 3. The van der Waals surface area contributed by atoms with Crippen LogP contribution in [0.25, 0.3) is 16.6 Å². The van der Waals surface area contributed by atoms with E-state index in [1.165, 1.54) is 4.57 Å². The molecule has 4 rings (SSSR count). The van der Waals surface area contributed by atoms with Crippen molar-refractivity contribution in [1.29, 1.82) is 5.26 Å². The molecular weight excluding hydrogens is 350 g/mol. The molecule has 0 amide bonds. The van der Waals surface area contributed by atoms with Crippen LogP contribution < -0.4 is 16.6 Å². The van der Waals surface area contributed by atoms with Gasteiger partial charge in [0, 0.05) is 12.2 Å². The molecule has 28 heavy (non-hydrogen) atoms. The van der Waals surface area contributed by atoms with E-state index in [0.717, 1.165) is 5.56 Å². The lowest BCUT2D eigenvalue weighted by atomic mass is 10.1. The largest absolute Gasteiger partial charge is 0.399 e. The molecule has 6 heteroatoms. The van der Waals surface area contributed by atoms with Gasteiger partial charge in [-0.15, -0.1) is 0 Å². The van der Waals surface area contributed by atoms with E-state index in [4.69, 9.17) is 11.0 Å². The van der Waals surface area contributed by atoms with Crippen LogP contribution in [-0.4, -0.2) is 9.55 Å². The van der Waals surface area contributed by atoms with Gasteiger partial charge in [0.1, 0.15) is 0 Å². The SMILES string of the molecule is N#Cc1ccc(CNc2nc3ccccc3c(=O)n2-c2cccc(N)c2)cc1. The Kier molecular flexibility index (Phi) is 4.48. The minimum absolute atomic E-state index is 0.168. The lowest BCUT2D eigenvalue weighted by Crippen LogP contribution is -2.23. The molecule has 6 nitrogen and oxygen atoms in total. The van der Waals surface area contributed by atoms with Gasteiger partial charge in [0.25, 0.3) is 5.56 Å². The van der Waals surface area contributed by atoms with E-state index in [1.54, 1.807) is 36.4 Å². The van der Waals surface area contributed by atoms with E-state index < -0.39 is 0 Å². The maximum Gasteiger partial charge on any atom is 0.267 e. The van der Waals surface area contributed by atoms with Crippen LogP contribution >= 0.6 is 0 Å². The lowest BCUT2D eigenvalue weighted by molar-refractivity contribution is 0.938. The smallest absolute Gasteiger partial charge is 0.267 e. The molecule has 0 aliphatic heterocycles. The zero-order chi connectivity index (χ0) is 19.5. The molecule has 0 atom stereocenters. The number of nitrogen functional groups attached to an aromatic ring is 1. The summed E-state index contributed by atoms with van der Waals surface area (Å²) in [6.07, 6.45) is 0. The summed E-state index contributed by atoms with van der Waals surface area (Å²) in [5.41, 5.74) is 9.15. The molecule has 0 aliphatic rings. The molecule has 0 bridgehead atoms. The first kappa shape index (κ1) is 17.3. The number of aromatic nitrogens is 2. The molecule has 3 N–H and O–H groups in total. The van der Waals surface area contributed by atoms with Crippen LogP contribution in [0.2, 0.25) is 0 Å². The molecule has 0 radical (unpaired) electrons. The fourth-order valence-corrected chi connectivity index (χ4v) is 3.03. The highest BCUT2D eigenvalue weighted by molar-refractivity contribution is 5.79. The summed E-state index contributed by atoms with van der Waals surface area (Å²) in [6.45, 7) is 0.457. The molecule has 1 heterocycles. The summed E-state index contributed by atoms with van der Waals surface area (Å²) < 4.78 is 1.53. The average molecular weight is 367 g/mol. The quantitative estimate of drug-likeness (QED) is 0.539. The molecule has 0 unspecified atom stereocenters. The third kappa shape index (κ3) is 3.29. The van der Waals surface area contributed by atoms with Gasteiger partial charge in [-0.3, -0.25) is 4.79 Å². The van der Waals surface area contributed by atoms with Gasteiger partial charge in [0.15, 0.2) is 0 Å². The second-order valence-corrected chi connectivity index (χ2v) is 6.35. The van der Waals surface area contributed by atoms with Crippen molar-refractivity contribution in [2.24, 2.45) is 0 Å². The molecule has 0 aliphatic carbocycles. The van der Waals surface area contributed by atoms with E-state index in [0.29, 0.717) is 40.3 Å². The second kappa shape index (κ2) is 7.25. The van der Waals surface area contributed by atoms with Gasteiger partial charge in [0.2, 0.25) is 5.95 Å². The van der Waals surface area contributed by atoms with Crippen molar-refractivity contribution in [2.75, 3.05) is 11.1 Å². The van der Waals surface area contributed by atoms with Gasteiger partial charge in [-0.1, -0.05) is 30.3 Å². The Morgan fingerprint density at radius 3 is 2.57 bits per heavy atom. The topological polar surface area (TPSA) is 96.7 Å². The summed E-state index contributed by atoms with van der Waals surface area (Å²) >= 11 is 0. The van der Waals surface area contributed by atoms with Crippen molar-refractivity contribution in [3.8, 4) is 11.8 Å². The van der Waals surface area contributed by atoms with E-state index in [2.05, 4.69) is 16.4 Å². The Morgan fingerprint density at radius 1 is 1.04 bits per heavy atom. The van der Waals surface area contributed by atoms with Crippen molar-refractivity contribution in [3.63, 3.8) is 0 Å². The first-order valence-electron chi connectivity index (χ1n) is 8.76. The van der Waals surface area contributed by atoms with Gasteiger partial charge >= 0.3 is 0 Å². The Morgan fingerprint density at radius 2 is 1.82 bits per heavy atom. The summed E-state index contributed by atoms with van der Waals surface area (Å²) in [5, 5.41) is 12.7. The lowest BCUT2D eigenvalue weighted by Gasteiger charge is -2.15. The number of hydrogen-bond acceptors (Lipinski definition) is 5. The summed E-state index contributed by atoms with van der Waals surface area (Å²) in [5.74, 6) is 0.429. The van der Waals surface area contributed by atoms with E-state index in [-0.39, 0.29) is 5.56 Å². The van der Waals surface area contributed by atoms with Gasteiger partial charge in [0.05, 0.1) is 28.2 Å². The molecule has 4 aromatic rings. The molecule has 0 fully saturated rings. The molecule has 0 spiro atoms. The number of para-hydroxylation sites is 1. The molecule has 0 saturated carbocycles. The minimum Gasteiger partial charge on any atom is -0.399 e. The van der Waals surface area contributed by atoms with Crippen molar-refractivity contribution in [1.82, 2.24) is 9.55 Å². The average Bonchev–Trinajstić information content (AvgIpc) is 2.73. The highest BCUT2D eigenvalue weighted by Gasteiger charge is 2.12. The zero-order valence-electron chi connectivity index (χ0n) is 15.0. The van der Waals surface area contributed by atoms with Crippen LogP contribution in [0.15, 0.2) is 77.6 Å². The monoisotopic (exact) mass is 367 g/mol. The van der Waals surface area contributed by atoms with Crippen LogP contribution in [0.1, 0.15) is 11.1 Å². The predicted molar refractivity (Wildman–Crippen MR) is 110 cm³/mol. The number of benzene rings is 3. The Balaban J connectivity index is 1.80. The fraction of sp³-hybridized carbons (Fsp3) is 0.0455. The van der Waals surface area contributed by atoms with Crippen molar-refractivity contribution in [3.05, 3.63) is 94.3 Å². The van der Waals surface area contributed by atoms with Gasteiger partial charge < -0.3 is 11.1 Å². The summed E-state index contributed by atoms with van der Waals surface area (Å²) in [7, 11) is 0. The minimum atomic E-state index is -0.168. The maximum absolute atomic E-state index is 13.2. The number of rotatable bonds is 4. The van der Waals surface area contributed by atoms with Crippen molar-refractivity contribution in [2.45, 2.75) is 6.54 Å².